The number of hydrogen-bond donors (Lipinski definition) is 1. The number of benzene rings is 1. The number of esters is 1. The molecule has 1 aromatic heterocycles. The third kappa shape index (κ3) is 4.18. The van der Waals surface area contributed by atoms with E-state index in [0.717, 1.165) is 11.4 Å². The maximum Gasteiger partial charge on any atom is 0.338 e. The van der Waals surface area contributed by atoms with Crippen LogP contribution in [-0.2, 0) is 9.53 Å². The molecule has 6 heteroatoms. The fraction of sp³-hybridized carbons (Fsp3) is 0.353. The van der Waals surface area contributed by atoms with Crippen molar-refractivity contribution in [3.05, 3.63) is 47.8 Å². The van der Waals surface area contributed by atoms with E-state index in [0.29, 0.717) is 5.56 Å². The molecule has 0 bridgehead atoms. The van der Waals surface area contributed by atoms with Crippen molar-refractivity contribution in [2.45, 2.75) is 39.8 Å². The van der Waals surface area contributed by atoms with E-state index in [1.807, 2.05) is 26.8 Å². The van der Waals surface area contributed by atoms with Gasteiger partial charge in [0.25, 0.3) is 5.91 Å². The average molecular weight is 315 g/mol. The van der Waals surface area contributed by atoms with Gasteiger partial charge in [-0.15, -0.1) is 0 Å². The predicted molar refractivity (Wildman–Crippen MR) is 86.5 cm³/mol. The van der Waals surface area contributed by atoms with Gasteiger partial charge in [-0.1, -0.05) is 0 Å². The Morgan fingerprint density at radius 1 is 1.13 bits per heavy atom. The summed E-state index contributed by atoms with van der Waals surface area (Å²) < 4.78 is 6.95. The van der Waals surface area contributed by atoms with Gasteiger partial charge in [0.15, 0.2) is 6.10 Å². The maximum atomic E-state index is 12.1. The number of carbonyl (C=O) groups excluding carboxylic acids is 2. The van der Waals surface area contributed by atoms with E-state index in [1.165, 1.54) is 0 Å². The summed E-state index contributed by atoms with van der Waals surface area (Å²) in [6, 6.07) is 8.79. The SMILES string of the molecule is Cc1ccnn1-c1ccc(C(=O)OC(C)C(=O)NC(C)C)cc1. The summed E-state index contributed by atoms with van der Waals surface area (Å²) in [6.45, 7) is 7.20. The molecule has 2 rings (SSSR count). The van der Waals surface area contributed by atoms with Crippen molar-refractivity contribution in [2.24, 2.45) is 0 Å². The van der Waals surface area contributed by atoms with Crippen molar-refractivity contribution in [2.75, 3.05) is 0 Å². The van der Waals surface area contributed by atoms with Gasteiger partial charge in [0, 0.05) is 17.9 Å². The quantitative estimate of drug-likeness (QED) is 0.859. The zero-order valence-corrected chi connectivity index (χ0v) is 13.7. The fourth-order valence-electron chi connectivity index (χ4n) is 2.06. The molecule has 0 fully saturated rings. The van der Waals surface area contributed by atoms with Crippen LogP contribution in [0.1, 0.15) is 36.8 Å². The highest BCUT2D eigenvalue weighted by molar-refractivity contribution is 5.92. The summed E-state index contributed by atoms with van der Waals surface area (Å²) in [5, 5.41) is 6.91. The van der Waals surface area contributed by atoms with Crippen LogP contribution < -0.4 is 5.32 Å². The first-order chi connectivity index (χ1) is 10.9. The number of amides is 1. The Kier molecular flexibility index (Phi) is 5.16. The van der Waals surface area contributed by atoms with Gasteiger partial charge in [0.1, 0.15) is 0 Å². The van der Waals surface area contributed by atoms with Crippen LogP contribution in [0.25, 0.3) is 5.69 Å². The number of aromatic nitrogens is 2. The van der Waals surface area contributed by atoms with Gasteiger partial charge in [0.05, 0.1) is 11.3 Å². The lowest BCUT2D eigenvalue weighted by molar-refractivity contribution is -0.129. The van der Waals surface area contributed by atoms with Crippen LogP contribution in [0.5, 0.6) is 0 Å². The Labute approximate surface area is 135 Å². The lowest BCUT2D eigenvalue weighted by atomic mass is 10.2. The molecule has 23 heavy (non-hydrogen) atoms. The summed E-state index contributed by atoms with van der Waals surface area (Å²) in [5.41, 5.74) is 2.25. The molecule has 0 aliphatic heterocycles. The normalized spacial score (nSPS) is 12.0. The van der Waals surface area contributed by atoms with Crippen molar-refractivity contribution in [1.29, 1.82) is 0 Å². The third-order valence-corrected chi connectivity index (χ3v) is 3.26. The number of aryl methyl sites for hydroxylation is 1. The number of nitrogens with one attached hydrogen (secondary N) is 1. The number of nitrogens with zero attached hydrogens (tertiary/aromatic N) is 2. The lowest BCUT2D eigenvalue weighted by Crippen LogP contribution is -2.39. The van der Waals surface area contributed by atoms with Gasteiger partial charge in [-0.2, -0.15) is 5.10 Å². The van der Waals surface area contributed by atoms with Crippen LogP contribution in [0, 0.1) is 6.92 Å². The van der Waals surface area contributed by atoms with Crippen molar-refractivity contribution in [3.8, 4) is 5.69 Å². The first kappa shape index (κ1) is 16.7. The molecule has 122 valence electrons. The topological polar surface area (TPSA) is 73.2 Å². The molecule has 0 saturated carbocycles. The summed E-state index contributed by atoms with van der Waals surface area (Å²) >= 11 is 0. The van der Waals surface area contributed by atoms with Crippen LogP contribution in [0.3, 0.4) is 0 Å². The molecule has 1 heterocycles. The molecule has 0 spiro atoms. The minimum Gasteiger partial charge on any atom is -0.449 e. The molecule has 0 aliphatic carbocycles. The zero-order chi connectivity index (χ0) is 17.0. The van der Waals surface area contributed by atoms with Crippen molar-refractivity contribution in [3.63, 3.8) is 0 Å². The van der Waals surface area contributed by atoms with Crippen LogP contribution in [0.4, 0.5) is 0 Å². The lowest BCUT2D eigenvalue weighted by Gasteiger charge is -2.15. The van der Waals surface area contributed by atoms with Crippen molar-refractivity contribution < 1.29 is 14.3 Å². The Morgan fingerprint density at radius 3 is 2.30 bits per heavy atom. The van der Waals surface area contributed by atoms with Gasteiger partial charge in [-0.05, 0) is 58.0 Å². The van der Waals surface area contributed by atoms with E-state index in [1.54, 1.807) is 42.1 Å². The van der Waals surface area contributed by atoms with Crippen molar-refractivity contribution in [1.82, 2.24) is 15.1 Å². The summed E-state index contributed by atoms with van der Waals surface area (Å²) in [5.74, 6) is -0.836. The second-order valence-corrected chi connectivity index (χ2v) is 5.64. The predicted octanol–water partition coefficient (Wildman–Crippen LogP) is 2.25. The Balaban J connectivity index is 2.03. The Bertz CT molecular complexity index is 689. The summed E-state index contributed by atoms with van der Waals surface area (Å²) in [6.07, 6.45) is 0.880. The largest absolute Gasteiger partial charge is 0.449 e. The molecule has 0 radical (unpaired) electrons. The average Bonchev–Trinajstić information content (AvgIpc) is 2.92. The molecular formula is C17H21N3O3. The highest BCUT2D eigenvalue weighted by atomic mass is 16.5. The molecule has 1 amide bonds. The zero-order valence-electron chi connectivity index (χ0n) is 13.7. The minimum atomic E-state index is -0.835. The second-order valence-electron chi connectivity index (χ2n) is 5.64. The molecule has 0 aliphatic rings. The highest BCUT2D eigenvalue weighted by Gasteiger charge is 2.19. The van der Waals surface area contributed by atoms with Gasteiger partial charge in [-0.3, -0.25) is 4.79 Å². The van der Waals surface area contributed by atoms with E-state index in [-0.39, 0.29) is 11.9 Å². The maximum absolute atomic E-state index is 12.1. The molecular weight excluding hydrogens is 294 g/mol. The number of hydrogen-bond acceptors (Lipinski definition) is 4. The molecule has 0 saturated heterocycles. The van der Waals surface area contributed by atoms with Crippen molar-refractivity contribution >= 4 is 11.9 Å². The van der Waals surface area contributed by atoms with E-state index in [4.69, 9.17) is 4.74 Å². The molecule has 1 atom stereocenters. The fourth-order valence-corrected chi connectivity index (χ4v) is 2.06. The minimum absolute atomic E-state index is 0.000228. The first-order valence-electron chi connectivity index (χ1n) is 7.51. The number of ether oxygens (including phenoxy) is 1. The van der Waals surface area contributed by atoms with Gasteiger partial charge >= 0.3 is 5.97 Å². The van der Waals surface area contributed by atoms with Crippen LogP contribution in [0.15, 0.2) is 36.5 Å². The number of carbonyl (C=O) groups is 2. The summed E-state index contributed by atoms with van der Waals surface area (Å²) in [4.78, 5) is 23.9. The molecule has 2 aromatic rings. The summed E-state index contributed by atoms with van der Waals surface area (Å²) in [7, 11) is 0. The van der Waals surface area contributed by atoms with Crippen LogP contribution in [-0.4, -0.2) is 33.8 Å². The first-order valence-corrected chi connectivity index (χ1v) is 7.51. The highest BCUT2D eigenvalue weighted by Crippen LogP contribution is 2.12. The van der Waals surface area contributed by atoms with Gasteiger partial charge < -0.3 is 10.1 Å². The van der Waals surface area contributed by atoms with Gasteiger partial charge in [-0.25, -0.2) is 9.48 Å². The Morgan fingerprint density at radius 2 is 1.78 bits per heavy atom. The molecule has 1 unspecified atom stereocenters. The third-order valence-electron chi connectivity index (χ3n) is 3.26. The van der Waals surface area contributed by atoms with E-state index in [9.17, 15) is 9.59 Å². The van der Waals surface area contributed by atoms with Crippen LogP contribution >= 0.6 is 0 Å². The molecule has 1 aromatic carbocycles. The van der Waals surface area contributed by atoms with E-state index >= 15 is 0 Å². The van der Waals surface area contributed by atoms with Crippen LogP contribution in [0.2, 0.25) is 0 Å². The standard InChI is InChI=1S/C17H21N3O3/c1-11(2)19-16(21)13(4)23-17(22)14-5-7-15(8-6-14)20-12(3)9-10-18-20/h5-11,13H,1-4H3,(H,19,21). The smallest absolute Gasteiger partial charge is 0.338 e. The monoisotopic (exact) mass is 315 g/mol. The molecule has 6 nitrogen and oxygen atoms in total. The second kappa shape index (κ2) is 7.09. The van der Waals surface area contributed by atoms with E-state index < -0.39 is 12.1 Å². The number of rotatable bonds is 5. The van der Waals surface area contributed by atoms with Gasteiger partial charge in [0.2, 0.25) is 0 Å². The Hall–Kier alpha value is -2.63. The van der Waals surface area contributed by atoms with E-state index in [2.05, 4.69) is 10.4 Å². The molecule has 1 N–H and O–H groups in total.